The van der Waals surface area contributed by atoms with Gasteiger partial charge in [0.25, 0.3) is 5.91 Å². The molecule has 0 aliphatic carbocycles. The molecule has 1 heterocycles. The molecular weight excluding hydrogens is 380 g/mol. The minimum absolute atomic E-state index is 0.0545. The highest BCUT2D eigenvalue weighted by Crippen LogP contribution is 2.12. The quantitative estimate of drug-likeness (QED) is 0.538. The van der Waals surface area contributed by atoms with Gasteiger partial charge in [0.2, 0.25) is 10.0 Å². The van der Waals surface area contributed by atoms with E-state index in [0.717, 1.165) is 5.75 Å². The summed E-state index contributed by atoms with van der Waals surface area (Å²) < 4.78 is 37.6. The van der Waals surface area contributed by atoms with Crippen molar-refractivity contribution in [2.75, 3.05) is 13.2 Å². The number of carbonyl (C=O) groups is 1. The predicted molar refractivity (Wildman–Crippen MR) is 103 cm³/mol. The number of nitrogens with one attached hydrogen (secondary N) is 2. The Morgan fingerprint density at radius 1 is 0.964 bits per heavy atom. The van der Waals surface area contributed by atoms with E-state index in [9.17, 15) is 13.2 Å². The Kier molecular flexibility index (Phi) is 6.46. The van der Waals surface area contributed by atoms with Gasteiger partial charge >= 0.3 is 0 Å². The topological polar surface area (TPSA) is 97.6 Å². The van der Waals surface area contributed by atoms with E-state index in [1.165, 1.54) is 30.5 Å². The Labute approximate surface area is 163 Å². The molecule has 8 heteroatoms. The molecule has 0 bridgehead atoms. The first-order valence-electron chi connectivity index (χ1n) is 8.63. The summed E-state index contributed by atoms with van der Waals surface area (Å²) in [7, 11) is -3.69. The molecule has 2 N–H and O–H groups in total. The number of ether oxygens (including phenoxy) is 1. The summed E-state index contributed by atoms with van der Waals surface area (Å²) in [6.07, 6.45) is 1.47. The van der Waals surface area contributed by atoms with E-state index in [4.69, 9.17) is 9.15 Å². The molecule has 2 aromatic carbocycles. The molecule has 1 aromatic heterocycles. The standard InChI is InChI=1S/C20H20N2O5S/c23-20(21-12-14-27-17-5-2-1-3-6-17)16-8-10-19(11-9-16)28(24,25)22-15-18-7-4-13-26-18/h1-11,13,22H,12,14-15H2,(H,21,23). The van der Waals surface area contributed by atoms with Crippen LogP contribution in [0.15, 0.2) is 82.3 Å². The number of amides is 1. The second-order valence-electron chi connectivity index (χ2n) is 5.85. The lowest BCUT2D eigenvalue weighted by molar-refractivity contribution is 0.0947. The first-order valence-corrected chi connectivity index (χ1v) is 10.1. The summed E-state index contributed by atoms with van der Waals surface area (Å²) in [4.78, 5) is 12.2. The van der Waals surface area contributed by atoms with Gasteiger partial charge in [0.05, 0.1) is 24.2 Å². The lowest BCUT2D eigenvalue weighted by Crippen LogP contribution is -2.28. The Bertz CT molecular complexity index is 985. The number of carbonyl (C=O) groups excluding carboxylic acids is 1. The van der Waals surface area contributed by atoms with Gasteiger partial charge in [0.1, 0.15) is 18.1 Å². The summed E-state index contributed by atoms with van der Waals surface area (Å²) >= 11 is 0. The largest absolute Gasteiger partial charge is 0.492 e. The molecule has 0 fully saturated rings. The maximum atomic E-state index is 12.3. The molecule has 0 saturated heterocycles. The highest BCUT2D eigenvalue weighted by Gasteiger charge is 2.15. The van der Waals surface area contributed by atoms with Crippen LogP contribution >= 0.6 is 0 Å². The molecule has 0 spiro atoms. The van der Waals surface area contributed by atoms with Gasteiger partial charge in [-0.15, -0.1) is 0 Å². The van der Waals surface area contributed by atoms with Gasteiger partial charge in [-0.3, -0.25) is 4.79 Å². The number of rotatable bonds is 9. The SMILES string of the molecule is O=C(NCCOc1ccccc1)c1ccc(S(=O)(=O)NCc2ccco2)cc1. The van der Waals surface area contributed by atoms with Crippen molar-refractivity contribution < 1.29 is 22.4 Å². The molecule has 0 aliphatic heterocycles. The number of furan rings is 1. The molecule has 0 saturated carbocycles. The molecule has 3 rings (SSSR count). The van der Waals surface area contributed by atoms with Crippen molar-refractivity contribution in [3.05, 3.63) is 84.3 Å². The van der Waals surface area contributed by atoms with Crippen molar-refractivity contribution >= 4 is 15.9 Å². The van der Waals surface area contributed by atoms with E-state index in [-0.39, 0.29) is 17.3 Å². The van der Waals surface area contributed by atoms with Crippen LogP contribution in [0.3, 0.4) is 0 Å². The third-order valence-corrected chi connectivity index (χ3v) is 5.26. The van der Waals surface area contributed by atoms with Crippen LogP contribution in [0.1, 0.15) is 16.1 Å². The van der Waals surface area contributed by atoms with Crippen molar-refractivity contribution in [1.29, 1.82) is 0 Å². The molecule has 0 unspecified atom stereocenters. The number of hydrogen-bond acceptors (Lipinski definition) is 5. The predicted octanol–water partition coefficient (Wildman–Crippen LogP) is 2.57. The Balaban J connectivity index is 1.49. The van der Waals surface area contributed by atoms with Gasteiger partial charge in [-0.05, 0) is 48.5 Å². The van der Waals surface area contributed by atoms with Crippen LogP contribution in [-0.2, 0) is 16.6 Å². The van der Waals surface area contributed by atoms with Crippen LogP contribution in [0, 0.1) is 0 Å². The fourth-order valence-electron chi connectivity index (χ4n) is 2.40. The van der Waals surface area contributed by atoms with Gasteiger partial charge in [0.15, 0.2) is 0 Å². The van der Waals surface area contributed by atoms with Crippen molar-refractivity contribution in [2.24, 2.45) is 0 Å². The zero-order valence-electron chi connectivity index (χ0n) is 15.0. The van der Waals surface area contributed by atoms with Gasteiger partial charge in [-0.2, -0.15) is 0 Å². The zero-order valence-corrected chi connectivity index (χ0v) is 15.8. The van der Waals surface area contributed by atoms with Crippen molar-refractivity contribution in [2.45, 2.75) is 11.4 Å². The van der Waals surface area contributed by atoms with Gasteiger partial charge < -0.3 is 14.5 Å². The number of para-hydroxylation sites is 1. The summed E-state index contributed by atoms with van der Waals surface area (Å²) in [5.74, 6) is 0.940. The Morgan fingerprint density at radius 3 is 2.39 bits per heavy atom. The molecule has 0 atom stereocenters. The lowest BCUT2D eigenvalue weighted by atomic mass is 10.2. The van der Waals surface area contributed by atoms with Crippen molar-refractivity contribution in [3.8, 4) is 5.75 Å². The first-order chi connectivity index (χ1) is 13.5. The highest BCUT2D eigenvalue weighted by atomic mass is 32.2. The van der Waals surface area contributed by atoms with E-state index in [2.05, 4.69) is 10.0 Å². The molecule has 0 radical (unpaired) electrons. The smallest absolute Gasteiger partial charge is 0.251 e. The fraction of sp³-hybridized carbons (Fsp3) is 0.150. The van der Waals surface area contributed by atoms with Crippen LogP contribution in [-0.4, -0.2) is 27.5 Å². The Morgan fingerprint density at radius 2 is 1.71 bits per heavy atom. The fourth-order valence-corrected chi connectivity index (χ4v) is 3.39. The van der Waals surface area contributed by atoms with E-state index in [0.29, 0.717) is 24.5 Å². The summed E-state index contributed by atoms with van der Waals surface area (Å²) in [6.45, 7) is 0.719. The lowest BCUT2D eigenvalue weighted by Gasteiger charge is -2.09. The molecule has 3 aromatic rings. The molecule has 7 nitrogen and oxygen atoms in total. The Hall–Kier alpha value is -3.10. The van der Waals surface area contributed by atoms with E-state index >= 15 is 0 Å². The van der Waals surface area contributed by atoms with E-state index < -0.39 is 10.0 Å². The average molecular weight is 400 g/mol. The second kappa shape index (κ2) is 9.20. The molecule has 146 valence electrons. The van der Waals surface area contributed by atoms with Crippen LogP contribution in [0.2, 0.25) is 0 Å². The summed E-state index contributed by atoms with van der Waals surface area (Å²) in [6, 6.07) is 18.4. The molecule has 0 aliphatic rings. The number of benzene rings is 2. The maximum Gasteiger partial charge on any atom is 0.251 e. The number of sulfonamides is 1. The zero-order chi connectivity index (χ0) is 19.8. The second-order valence-corrected chi connectivity index (χ2v) is 7.61. The van der Waals surface area contributed by atoms with Gasteiger partial charge in [0, 0.05) is 5.56 Å². The molecular formula is C20H20N2O5S. The maximum absolute atomic E-state index is 12.3. The normalized spacial score (nSPS) is 11.1. The van der Waals surface area contributed by atoms with Crippen LogP contribution in [0.25, 0.3) is 0 Å². The number of hydrogen-bond donors (Lipinski definition) is 2. The van der Waals surface area contributed by atoms with Crippen LogP contribution in [0.5, 0.6) is 5.75 Å². The summed E-state index contributed by atoms with van der Waals surface area (Å²) in [5, 5.41) is 2.73. The highest BCUT2D eigenvalue weighted by molar-refractivity contribution is 7.89. The van der Waals surface area contributed by atoms with E-state index in [1.807, 2.05) is 30.3 Å². The third-order valence-electron chi connectivity index (χ3n) is 3.84. The minimum Gasteiger partial charge on any atom is -0.492 e. The minimum atomic E-state index is -3.69. The third kappa shape index (κ3) is 5.45. The van der Waals surface area contributed by atoms with Gasteiger partial charge in [-0.1, -0.05) is 18.2 Å². The molecule has 28 heavy (non-hydrogen) atoms. The van der Waals surface area contributed by atoms with Crippen LogP contribution < -0.4 is 14.8 Å². The first kappa shape index (κ1) is 19.7. The monoisotopic (exact) mass is 400 g/mol. The van der Waals surface area contributed by atoms with E-state index in [1.54, 1.807) is 12.1 Å². The average Bonchev–Trinajstić information content (AvgIpc) is 3.24. The molecule has 1 amide bonds. The van der Waals surface area contributed by atoms with Crippen LogP contribution in [0.4, 0.5) is 0 Å². The summed E-state index contributed by atoms with van der Waals surface area (Å²) in [5.41, 5.74) is 0.365. The van der Waals surface area contributed by atoms with Crippen molar-refractivity contribution in [3.63, 3.8) is 0 Å². The van der Waals surface area contributed by atoms with Crippen molar-refractivity contribution in [1.82, 2.24) is 10.0 Å². The van der Waals surface area contributed by atoms with Gasteiger partial charge in [-0.25, -0.2) is 13.1 Å².